The molecule has 0 unspecified atom stereocenters. The molecule has 1 aromatic carbocycles. The highest BCUT2D eigenvalue weighted by atomic mass is 16.1. The van der Waals surface area contributed by atoms with E-state index in [0.29, 0.717) is 17.3 Å². The van der Waals surface area contributed by atoms with Gasteiger partial charge in [-0.15, -0.1) is 10.2 Å². The molecule has 2 rings (SSSR count). The summed E-state index contributed by atoms with van der Waals surface area (Å²) in [5.74, 6) is 1.63. The first-order chi connectivity index (χ1) is 11.0. The Bertz CT molecular complexity index is 665. The number of aromatic nitrogens is 2. The standard InChI is InChI=1S/C18H24N4O/c1-12(2)9-10-19-16-7-8-17(22-21-16)20-18(23)15-6-5-13(3)14(4)11-15/h5-8,11-12H,9-10H2,1-4H3,(H,19,21)(H,20,22,23). The van der Waals surface area contributed by atoms with E-state index >= 15 is 0 Å². The van der Waals surface area contributed by atoms with Crippen molar-refractivity contribution in [3.05, 3.63) is 47.0 Å². The number of anilines is 2. The third kappa shape index (κ3) is 5.06. The van der Waals surface area contributed by atoms with Crippen molar-refractivity contribution in [1.29, 1.82) is 0 Å². The SMILES string of the molecule is Cc1ccc(C(=O)Nc2ccc(NCCC(C)C)nn2)cc1C. The highest BCUT2D eigenvalue weighted by Crippen LogP contribution is 2.12. The van der Waals surface area contributed by atoms with Gasteiger partial charge in [0, 0.05) is 12.1 Å². The minimum absolute atomic E-state index is 0.178. The van der Waals surface area contributed by atoms with Crippen molar-refractivity contribution in [1.82, 2.24) is 10.2 Å². The van der Waals surface area contributed by atoms with Gasteiger partial charge in [-0.1, -0.05) is 19.9 Å². The molecule has 0 saturated carbocycles. The average Bonchev–Trinajstić information content (AvgIpc) is 2.51. The van der Waals surface area contributed by atoms with Crippen LogP contribution in [-0.2, 0) is 0 Å². The largest absolute Gasteiger partial charge is 0.369 e. The van der Waals surface area contributed by atoms with Crippen molar-refractivity contribution in [3.63, 3.8) is 0 Å². The zero-order chi connectivity index (χ0) is 16.8. The van der Waals surface area contributed by atoms with Gasteiger partial charge in [0.05, 0.1) is 0 Å². The molecule has 0 saturated heterocycles. The van der Waals surface area contributed by atoms with Crippen molar-refractivity contribution in [2.24, 2.45) is 5.92 Å². The van der Waals surface area contributed by atoms with Crippen LogP contribution in [0.15, 0.2) is 30.3 Å². The van der Waals surface area contributed by atoms with E-state index in [-0.39, 0.29) is 5.91 Å². The minimum atomic E-state index is -0.178. The molecule has 1 aromatic heterocycles. The monoisotopic (exact) mass is 312 g/mol. The average molecular weight is 312 g/mol. The molecule has 0 aliphatic heterocycles. The van der Waals surface area contributed by atoms with E-state index in [4.69, 9.17) is 0 Å². The lowest BCUT2D eigenvalue weighted by Crippen LogP contribution is -2.14. The predicted molar refractivity (Wildman–Crippen MR) is 93.8 cm³/mol. The Kier molecular flexibility index (Phi) is 5.68. The summed E-state index contributed by atoms with van der Waals surface area (Å²) in [5, 5.41) is 14.1. The summed E-state index contributed by atoms with van der Waals surface area (Å²) in [5.41, 5.74) is 2.88. The topological polar surface area (TPSA) is 66.9 Å². The maximum absolute atomic E-state index is 12.2. The first kappa shape index (κ1) is 16.9. The highest BCUT2D eigenvalue weighted by Gasteiger charge is 2.08. The van der Waals surface area contributed by atoms with E-state index in [9.17, 15) is 4.79 Å². The van der Waals surface area contributed by atoms with Gasteiger partial charge in [-0.2, -0.15) is 0 Å². The summed E-state index contributed by atoms with van der Waals surface area (Å²) in [6.45, 7) is 9.23. The van der Waals surface area contributed by atoms with Crippen molar-refractivity contribution in [3.8, 4) is 0 Å². The third-order valence-electron chi connectivity index (χ3n) is 3.70. The molecule has 1 amide bonds. The Balaban J connectivity index is 1.94. The summed E-state index contributed by atoms with van der Waals surface area (Å²) in [6.07, 6.45) is 1.08. The van der Waals surface area contributed by atoms with Gasteiger partial charge in [-0.05, 0) is 61.6 Å². The molecule has 5 heteroatoms. The van der Waals surface area contributed by atoms with Crippen molar-refractivity contribution in [2.45, 2.75) is 34.1 Å². The van der Waals surface area contributed by atoms with Gasteiger partial charge in [0.25, 0.3) is 5.91 Å². The Labute approximate surface area is 137 Å². The molecular weight excluding hydrogens is 288 g/mol. The Morgan fingerprint density at radius 2 is 1.74 bits per heavy atom. The van der Waals surface area contributed by atoms with Gasteiger partial charge in [-0.3, -0.25) is 4.79 Å². The van der Waals surface area contributed by atoms with Gasteiger partial charge in [0.1, 0.15) is 5.82 Å². The fraction of sp³-hybridized carbons (Fsp3) is 0.389. The zero-order valence-electron chi connectivity index (χ0n) is 14.2. The summed E-state index contributed by atoms with van der Waals surface area (Å²) in [4.78, 5) is 12.2. The second kappa shape index (κ2) is 7.72. The molecule has 5 nitrogen and oxygen atoms in total. The van der Waals surface area contributed by atoms with Crippen LogP contribution in [0.1, 0.15) is 41.8 Å². The van der Waals surface area contributed by atoms with Gasteiger partial charge < -0.3 is 10.6 Å². The van der Waals surface area contributed by atoms with Crippen LogP contribution in [0.2, 0.25) is 0 Å². The van der Waals surface area contributed by atoms with Crippen molar-refractivity contribution in [2.75, 3.05) is 17.2 Å². The second-order valence-corrected chi connectivity index (χ2v) is 6.17. The molecule has 2 aromatic rings. The molecule has 2 N–H and O–H groups in total. The number of carbonyl (C=O) groups is 1. The fourth-order valence-corrected chi connectivity index (χ4v) is 2.05. The van der Waals surface area contributed by atoms with Crippen LogP contribution < -0.4 is 10.6 Å². The molecule has 122 valence electrons. The quantitative estimate of drug-likeness (QED) is 0.851. The summed E-state index contributed by atoms with van der Waals surface area (Å²) < 4.78 is 0. The minimum Gasteiger partial charge on any atom is -0.369 e. The lowest BCUT2D eigenvalue weighted by atomic mass is 10.1. The van der Waals surface area contributed by atoms with Crippen LogP contribution in [0, 0.1) is 19.8 Å². The number of rotatable bonds is 6. The van der Waals surface area contributed by atoms with Gasteiger partial charge in [-0.25, -0.2) is 0 Å². The number of amides is 1. The number of hydrogen-bond donors (Lipinski definition) is 2. The van der Waals surface area contributed by atoms with Crippen molar-refractivity contribution >= 4 is 17.5 Å². The summed E-state index contributed by atoms with van der Waals surface area (Å²) in [7, 11) is 0. The molecule has 0 radical (unpaired) electrons. The number of hydrogen-bond acceptors (Lipinski definition) is 4. The lowest BCUT2D eigenvalue weighted by molar-refractivity contribution is 0.102. The molecular formula is C18H24N4O. The molecule has 0 atom stereocenters. The predicted octanol–water partition coefficient (Wildman–Crippen LogP) is 3.80. The van der Waals surface area contributed by atoms with E-state index in [1.807, 2.05) is 38.1 Å². The van der Waals surface area contributed by atoms with Gasteiger partial charge in [0.2, 0.25) is 0 Å². The summed E-state index contributed by atoms with van der Waals surface area (Å²) in [6, 6.07) is 9.21. The van der Waals surface area contributed by atoms with E-state index in [2.05, 4.69) is 34.7 Å². The number of benzene rings is 1. The van der Waals surface area contributed by atoms with Crippen LogP contribution in [0.3, 0.4) is 0 Å². The van der Waals surface area contributed by atoms with Gasteiger partial charge in [0.15, 0.2) is 5.82 Å². The fourth-order valence-electron chi connectivity index (χ4n) is 2.05. The molecule has 1 heterocycles. The Morgan fingerprint density at radius 1 is 1.04 bits per heavy atom. The Hall–Kier alpha value is -2.43. The summed E-state index contributed by atoms with van der Waals surface area (Å²) >= 11 is 0. The lowest BCUT2D eigenvalue weighted by Gasteiger charge is -2.08. The molecule has 0 aliphatic carbocycles. The third-order valence-corrected chi connectivity index (χ3v) is 3.70. The molecule has 23 heavy (non-hydrogen) atoms. The molecule has 0 fully saturated rings. The normalized spacial score (nSPS) is 10.7. The molecule has 0 aliphatic rings. The Morgan fingerprint density at radius 3 is 2.35 bits per heavy atom. The maximum Gasteiger partial charge on any atom is 0.256 e. The smallest absolute Gasteiger partial charge is 0.256 e. The number of nitrogens with one attached hydrogen (secondary N) is 2. The number of carbonyl (C=O) groups excluding carboxylic acids is 1. The first-order valence-corrected chi connectivity index (χ1v) is 7.92. The second-order valence-electron chi connectivity index (χ2n) is 6.17. The van der Waals surface area contributed by atoms with Crippen LogP contribution in [-0.4, -0.2) is 22.6 Å². The van der Waals surface area contributed by atoms with Crippen LogP contribution in [0.25, 0.3) is 0 Å². The highest BCUT2D eigenvalue weighted by molar-refractivity contribution is 6.03. The van der Waals surface area contributed by atoms with Crippen LogP contribution in [0.5, 0.6) is 0 Å². The molecule has 0 spiro atoms. The van der Waals surface area contributed by atoms with E-state index in [0.717, 1.165) is 29.9 Å². The van der Waals surface area contributed by atoms with E-state index in [1.54, 1.807) is 6.07 Å². The molecule has 0 bridgehead atoms. The van der Waals surface area contributed by atoms with Gasteiger partial charge >= 0.3 is 0 Å². The van der Waals surface area contributed by atoms with Crippen LogP contribution >= 0.6 is 0 Å². The number of nitrogens with zero attached hydrogens (tertiary/aromatic N) is 2. The van der Waals surface area contributed by atoms with Crippen LogP contribution in [0.4, 0.5) is 11.6 Å². The van der Waals surface area contributed by atoms with E-state index < -0.39 is 0 Å². The van der Waals surface area contributed by atoms with Crippen molar-refractivity contribution < 1.29 is 4.79 Å². The maximum atomic E-state index is 12.2. The zero-order valence-corrected chi connectivity index (χ0v) is 14.2. The van der Waals surface area contributed by atoms with E-state index in [1.165, 1.54) is 0 Å². The first-order valence-electron chi connectivity index (χ1n) is 7.92. The number of aryl methyl sites for hydroxylation is 2.